The van der Waals surface area contributed by atoms with Crippen molar-refractivity contribution in [2.45, 2.75) is 70.7 Å². The van der Waals surface area contributed by atoms with Gasteiger partial charge in [-0.3, -0.25) is 14.5 Å². The number of halogens is 1. The van der Waals surface area contributed by atoms with Gasteiger partial charge in [-0.2, -0.15) is 0 Å². The van der Waals surface area contributed by atoms with Crippen LogP contribution in [0.15, 0.2) is 16.9 Å². The molecule has 212 valence electrons. The van der Waals surface area contributed by atoms with Crippen molar-refractivity contribution >= 4 is 17.5 Å². The van der Waals surface area contributed by atoms with Gasteiger partial charge < -0.3 is 29.2 Å². The van der Waals surface area contributed by atoms with Crippen LogP contribution in [0, 0.1) is 19.8 Å². The van der Waals surface area contributed by atoms with Crippen molar-refractivity contribution in [3.05, 3.63) is 49.9 Å². The number of likely N-dealkylation sites (tertiary alicyclic amines) is 1. The number of fused-ring (bicyclic) bond motifs is 1. The molecule has 3 aliphatic rings. The molecule has 3 heterocycles. The molecule has 1 aromatic heterocycles. The van der Waals surface area contributed by atoms with E-state index in [9.17, 15) is 9.59 Å². The highest BCUT2D eigenvalue weighted by molar-refractivity contribution is 6.32. The molecular weight excluding hydrogens is 522 g/mol. The van der Waals surface area contributed by atoms with E-state index in [4.69, 9.17) is 30.5 Å². The molecule has 2 aromatic rings. The number of H-pyrrole nitrogens is 1. The number of carbonyl (C=O) groups is 1. The first-order chi connectivity index (χ1) is 18.8. The molecule has 0 radical (unpaired) electrons. The number of aromatic amines is 1. The molecule has 1 saturated heterocycles. The van der Waals surface area contributed by atoms with Crippen LogP contribution < -0.4 is 25.1 Å². The Bertz CT molecular complexity index is 1270. The Hall–Kier alpha value is -2.75. The quantitative estimate of drug-likeness (QED) is 0.528. The van der Waals surface area contributed by atoms with E-state index in [1.54, 1.807) is 26.2 Å². The summed E-state index contributed by atoms with van der Waals surface area (Å²) in [6, 6.07) is 3.92. The van der Waals surface area contributed by atoms with Crippen LogP contribution in [0.2, 0.25) is 5.02 Å². The Balaban J connectivity index is 1.25. The topological polar surface area (TPSA) is 102 Å². The minimum absolute atomic E-state index is 0.0110. The van der Waals surface area contributed by atoms with Gasteiger partial charge in [0, 0.05) is 43.1 Å². The lowest BCUT2D eigenvalue weighted by Gasteiger charge is -2.39. The molecule has 1 saturated carbocycles. The second-order valence-electron chi connectivity index (χ2n) is 10.9. The number of hydrogen-bond donors (Lipinski definition) is 2. The van der Waals surface area contributed by atoms with Gasteiger partial charge in [-0.15, -0.1) is 0 Å². The molecule has 1 aromatic carbocycles. The normalized spacial score (nSPS) is 24.9. The summed E-state index contributed by atoms with van der Waals surface area (Å²) in [5, 5.41) is 3.16. The summed E-state index contributed by atoms with van der Waals surface area (Å²) in [7, 11) is 3.30. The Morgan fingerprint density at radius 2 is 1.92 bits per heavy atom. The zero-order valence-electron chi connectivity index (χ0n) is 23.1. The maximum atomic E-state index is 13.2. The predicted molar refractivity (Wildman–Crippen MR) is 148 cm³/mol. The van der Waals surface area contributed by atoms with Crippen LogP contribution >= 0.6 is 11.6 Å². The zero-order chi connectivity index (χ0) is 27.7. The first-order valence-electron chi connectivity index (χ1n) is 13.7. The van der Waals surface area contributed by atoms with Gasteiger partial charge in [-0.1, -0.05) is 11.6 Å². The maximum absolute atomic E-state index is 13.2. The zero-order valence-corrected chi connectivity index (χ0v) is 23.9. The number of carbonyl (C=O) groups excluding carboxylic acids is 1. The fourth-order valence-electron chi connectivity index (χ4n) is 6.21. The molecule has 0 spiro atoms. The molecular formula is C29H38ClN3O6. The van der Waals surface area contributed by atoms with E-state index < -0.39 is 0 Å². The molecule has 9 nitrogen and oxygen atoms in total. The number of benzene rings is 1. The van der Waals surface area contributed by atoms with Gasteiger partial charge in [0.15, 0.2) is 11.5 Å². The summed E-state index contributed by atoms with van der Waals surface area (Å²) >= 11 is 6.54. The van der Waals surface area contributed by atoms with Crippen molar-refractivity contribution in [1.29, 1.82) is 0 Å². The van der Waals surface area contributed by atoms with E-state index in [2.05, 4.69) is 15.2 Å². The van der Waals surface area contributed by atoms with Crippen molar-refractivity contribution < 1.29 is 23.7 Å². The number of nitrogens with one attached hydrogen (secondary N) is 2. The van der Waals surface area contributed by atoms with Crippen LogP contribution in [-0.2, 0) is 11.3 Å². The monoisotopic (exact) mass is 559 g/mol. The number of ether oxygens (including phenoxy) is 4. The fraction of sp³-hybridized carbons (Fsp3) is 0.586. The summed E-state index contributed by atoms with van der Waals surface area (Å²) < 4.78 is 23.5. The third-order valence-corrected chi connectivity index (χ3v) is 8.79. The third-order valence-electron chi connectivity index (χ3n) is 8.51. The van der Waals surface area contributed by atoms with Crippen molar-refractivity contribution in [3.8, 4) is 17.2 Å². The van der Waals surface area contributed by atoms with Gasteiger partial charge in [-0.25, -0.2) is 0 Å². The van der Waals surface area contributed by atoms with Crippen molar-refractivity contribution in [2.24, 2.45) is 5.92 Å². The predicted octanol–water partition coefficient (Wildman–Crippen LogP) is 4.00. The number of rotatable bonds is 7. The lowest BCUT2D eigenvalue weighted by atomic mass is 9.82. The number of nitrogens with zero attached hydrogens (tertiary/aromatic N) is 1. The van der Waals surface area contributed by atoms with Crippen molar-refractivity contribution in [2.75, 3.05) is 33.9 Å². The molecule has 0 bridgehead atoms. The number of hydrogen-bond acceptors (Lipinski definition) is 7. The van der Waals surface area contributed by atoms with Gasteiger partial charge in [0.1, 0.15) is 18.5 Å². The Labute approximate surface area is 234 Å². The molecule has 10 heteroatoms. The minimum atomic E-state index is -0.356. The molecule has 39 heavy (non-hydrogen) atoms. The third kappa shape index (κ3) is 5.76. The number of methoxy groups -OCH3 is 2. The molecule has 1 amide bonds. The van der Waals surface area contributed by atoms with E-state index >= 15 is 0 Å². The van der Waals surface area contributed by atoms with Crippen LogP contribution in [-0.4, -0.2) is 68.0 Å². The van der Waals surface area contributed by atoms with Crippen LogP contribution in [0.4, 0.5) is 0 Å². The summed E-state index contributed by atoms with van der Waals surface area (Å²) in [6.45, 7) is 6.20. The first-order valence-corrected chi connectivity index (χ1v) is 14.1. The Morgan fingerprint density at radius 1 is 1.15 bits per heavy atom. The Kier molecular flexibility index (Phi) is 8.40. The summed E-state index contributed by atoms with van der Waals surface area (Å²) in [4.78, 5) is 31.0. The highest BCUT2D eigenvalue weighted by Crippen LogP contribution is 2.45. The Morgan fingerprint density at radius 3 is 2.62 bits per heavy atom. The number of amides is 1. The second-order valence-corrected chi connectivity index (χ2v) is 11.3. The minimum Gasteiger partial charge on any atom is -0.496 e. The van der Waals surface area contributed by atoms with E-state index in [0.29, 0.717) is 69.3 Å². The summed E-state index contributed by atoms with van der Waals surface area (Å²) in [5.41, 5.74) is 1.78. The molecule has 2 atom stereocenters. The molecule has 5 rings (SSSR count). The van der Waals surface area contributed by atoms with E-state index in [1.807, 2.05) is 6.92 Å². The van der Waals surface area contributed by atoms with Crippen LogP contribution in [0.1, 0.15) is 59.3 Å². The number of aromatic nitrogens is 1. The highest BCUT2D eigenvalue weighted by atomic mass is 35.5. The molecule has 1 aliphatic carbocycles. The van der Waals surface area contributed by atoms with E-state index in [-0.39, 0.29) is 24.1 Å². The van der Waals surface area contributed by atoms with Gasteiger partial charge in [0.25, 0.3) is 11.5 Å². The van der Waals surface area contributed by atoms with Crippen molar-refractivity contribution in [1.82, 2.24) is 15.2 Å². The lowest BCUT2D eigenvalue weighted by molar-refractivity contribution is 0.0197. The average molecular weight is 560 g/mol. The number of pyridine rings is 1. The SMILES string of the molecule is COc1cc(C)[nH]c(=O)c1CNC(=O)c1cc(Cl)c2c(c1C)O[C@@H]([C@H]1CC[C@@H](N3CC[C@@H](OC)C3)CC1)CO2. The average Bonchev–Trinajstić information content (AvgIpc) is 3.43. The first kappa shape index (κ1) is 27.8. The second kappa shape index (κ2) is 11.8. The van der Waals surface area contributed by atoms with E-state index in [1.165, 1.54) is 7.11 Å². The van der Waals surface area contributed by atoms with Crippen LogP contribution in [0.5, 0.6) is 17.2 Å². The highest BCUT2D eigenvalue weighted by Gasteiger charge is 2.37. The maximum Gasteiger partial charge on any atom is 0.256 e. The fourth-order valence-corrected chi connectivity index (χ4v) is 6.46. The summed E-state index contributed by atoms with van der Waals surface area (Å²) in [6.07, 6.45) is 5.79. The van der Waals surface area contributed by atoms with Gasteiger partial charge in [-0.05, 0) is 64.0 Å². The van der Waals surface area contributed by atoms with E-state index in [0.717, 1.165) is 45.2 Å². The summed E-state index contributed by atoms with van der Waals surface area (Å²) in [5.74, 6) is 1.46. The van der Waals surface area contributed by atoms with Crippen LogP contribution in [0.25, 0.3) is 0 Å². The van der Waals surface area contributed by atoms with Gasteiger partial charge in [0.05, 0.1) is 30.3 Å². The van der Waals surface area contributed by atoms with Crippen molar-refractivity contribution in [3.63, 3.8) is 0 Å². The molecule has 2 N–H and O–H groups in total. The standard InChI is InChI=1S/C29H38ClN3O6/c1-16-11-24(37-4)22(29(35)32-16)13-31-28(34)21-12-23(30)27-26(17(21)2)39-25(15-38-27)18-5-7-19(8-6-18)33-10-9-20(14-33)36-3/h11-12,18-20,25H,5-10,13-15H2,1-4H3,(H,31,34)(H,32,35)/t18-,19+,20-,25-/m1/s1. The number of aryl methyl sites for hydroxylation is 1. The largest absolute Gasteiger partial charge is 0.496 e. The van der Waals surface area contributed by atoms with Crippen LogP contribution in [0.3, 0.4) is 0 Å². The van der Waals surface area contributed by atoms with Gasteiger partial charge >= 0.3 is 0 Å². The van der Waals surface area contributed by atoms with Gasteiger partial charge in [0.2, 0.25) is 0 Å². The molecule has 2 fully saturated rings. The smallest absolute Gasteiger partial charge is 0.256 e. The molecule has 2 aliphatic heterocycles. The molecule has 0 unspecified atom stereocenters. The lowest BCUT2D eigenvalue weighted by Crippen LogP contribution is -2.43.